The zero-order valence-corrected chi connectivity index (χ0v) is 10.9. The molecule has 1 unspecified atom stereocenters. The molecule has 0 heterocycles. The molecule has 0 fully saturated rings. The van der Waals surface area contributed by atoms with E-state index in [9.17, 15) is 14.7 Å². The Kier molecular flexibility index (Phi) is 5.06. The van der Waals surface area contributed by atoms with Crippen molar-refractivity contribution in [2.75, 3.05) is 6.54 Å². The van der Waals surface area contributed by atoms with Crippen LogP contribution in [0.2, 0.25) is 0 Å². The van der Waals surface area contributed by atoms with Crippen LogP contribution in [0.15, 0.2) is 24.3 Å². The third kappa shape index (κ3) is 4.59. The number of hydrogen-bond acceptors (Lipinski definition) is 4. The first-order valence-corrected chi connectivity index (χ1v) is 5.81. The van der Waals surface area contributed by atoms with E-state index < -0.39 is 24.1 Å². The molecule has 7 heteroatoms. The SMILES string of the molecule is CC(O)(CNC(=O)NCc1cccc(C#N)c1)C(=O)O. The Bertz CT molecular complexity index is 549. The first kappa shape index (κ1) is 15.5. The maximum absolute atomic E-state index is 11.4. The molecule has 1 aromatic rings. The highest BCUT2D eigenvalue weighted by Crippen LogP contribution is 2.04. The molecule has 0 aliphatic heterocycles. The van der Waals surface area contributed by atoms with Crippen LogP contribution in [-0.2, 0) is 11.3 Å². The number of nitriles is 1. The molecule has 7 nitrogen and oxygen atoms in total. The summed E-state index contributed by atoms with van der Waals surface area (Å²) in [7, 11) is 0. The molecule has 20 heavy (non-hydrogen) atoms. The van der Waals surface area contributed by atoms with Gasteiger partial charge in [0, 0.05) is 6.54 Å². The van der Waals surface area contributed by atoms with Crippen molar-refractivity contribution >= 4 is 12.0 Å². The molecule has 4 N–H and O–H groups in total. The number of carbonyl (C=O) groups is 2. The van der Waals surface area contributed by atoms with Crippen LogP contribution in [0, 0.1) is 11.3 Å². The van der Waals surface area contributed by atoms with Crippen molar-refractivity contribution in [3.05, 3.63) is 35.4 Å². The number of hydrogen-bond donors (Lipinski definition) is 4. The zero-order valence-electron chi connectivity index (χ0n) is 10.9. The standard InChI is InChI=1S/C13H15N3O4/c1-13(20,11(17)18)8-16-12(19)15-7-10-4-2-3-9(5-10)6-14/h2-5,20H,7-8H2,1H3,(H,17,18)(H2,15,16,19). The number of carboxylic acids is 1. The topological polar surface area (TPSA) is 122 Å². The lowest BCUT2D eigenvalue weighted by atomic mass is 10.1. The number of amides is 2. The van der Waals surface area contributed by atoms with Crippen LogP contribution in [0.4, 0.5) is 4.79 Å². The Hall–Kier alpha value is -2.59. The van der Waals surface area contributed by atoms with Gasteiger partial charge in [0.05, 0.1) is 18.2 Å². The molecule has 106 valence electrons. The largest absolute Gasteiger partial charge is 0.479 e. The Balaban J connectivity index is 2.44. The van der Waals surface area contributed by atoms with Crippen LogP contribution < -0.4 is 10.6 Å². The van der Waals surface area contributed by atoms with Crippen LogP contribution in [-0.4, -0.2) is 34.4 Å². The predicted octanol–water partition coefficient (Wildman–Crippen LogP) is 0.193. The maximum atomic E-state index is 11.4. The highest BCUT2D eigenvalue weighted by atomic mass is 16.4. The van der Waals surface area contributed by atoms with Gasteiger partial charge in [-0.2, -0.15) is 5.26 Å². The van der Waals surface area contributed by atoms with Gasteiger partial charge < -0.3 is 20.8 Å². The van der Waals surface area contributed by atoms with Crippen molar-refractivity contribution in [3.8, 4) is 6.07 Å². The molecule has 0 radical (unpaired) electrons. The Morgan fingerprint density at radius 2 is 2.10 bits per heavy atom. The second-order valence-electron chi connectivity index (χ2n) is 4.43. The summed E-state index contributed by atoms with van der Waals surface area (Å²) in [4.78, 5) is 22.1. The molecule has 0 aliphatic rings. The number of aliphatic carboxylic acids is 1. The number of benzene rings is 1. The minimum atomic E-state index is -2.02. The smallest absolute Gasteiger partial charge is 0.337 e. The van der Waals surface area contributed by atoms with Gasteiger partial charge in [-0.3, -0.25) is 0 Å². The Labute approximate surface area is 115 Å². The molecule has 2 amide bonds. The van der Waals surface area contributed by atoms with Crippen LogP contribution in [0.1, 0.15) is 18.1 Å². The Morgan fingerprint density at radius 1 is 1.40 bits per heavy atom. The number of rotatable bonds is 5. The number of aliphatic hydroxyl groups is 1. The van der Waals surface area contributed by atoms with Gasteiger partial charge in [-0.15, -0.1) is 0 Å². The van der Waals surface area contributed by atoms with Gasteiger partial charge >= 0.3 is 12.0 Å². The summed E-state index contributed by atoms with van der Waals surface area (Å²) < 4.78 is 0. The molecule has 0 aromatic heterocycles. The van der Waals surface area contributed by atoms with Crippen molar-refractivity contribution in [2.24, 2.45) is 0 Å². The van der Waals surface area contributed by atoms with Gasteiger partial charge in [0.15, 0.2) is 5.60 Å². The molecule has 1 atom stereocenters. The van der Waals surface area contributed by atoms with Gasteiger partial charge in [-0.1, -0.05) is 12.1 Å². The first-order chi connectivity index (χ1) is 9.35. The summed E-state index contributed by atoms with van der Waals surface area (Å²) in [6.07, 6.45) is 0. The number of carboxylic acid groups (broad SMARTS) is 1. The van der Waals surface area contributed by atoms with Gasteiger partial charge in [0.1, 0.15) is 0 Å². The van der Waals surface area contributed by atoms with Crippen LogP contribution in [0.3, 0.4) is 0 Å². The second-order valence-corrected chi connectivity index (χ2v) is 4.43. The number of urea groups is 1. The van der Waals surface area contributed by atoms with Gasteiger partial charge in [-0.05, 0) is 24.6 Å². The van der Waals surface area contributed by atoms with Crippen LogP contribution in [0.5, 0.6) is 0 Å². The summed E-state index contributed by atoms with van der Waals surface area (Å²) in [5, 5.41) is 31.6. The zero-order chi connectivity index (χ0) is 15.2. The van der Waals surface area contributed by atoms with Gasteiger partial charge in [0.25, 0.3) is 0 Å². The summed E-state index contributed by atoms with van der Waals surface area (Å²) in [6, 6.07) is 8.10. The van der Waals surface area contributed by atoms with Crippen molar-refractivity contribution < 1.29 is 19.8 Å². The van der Waals surface area contributed by atoms with E-state index in [1.54, 1.807) is 24.3 Å². The summed E-state index contributed by atoms with van der Waals surface area (Å²) in [6.45, 7) is 0.870. The summed E-state index contributed by atoms with van der Waals surface area (Å²) in [5.41, 5.74) is -0.791. The fourth-order valence-corrected chi connectivity index (χ4v) is 1.32. The highest BCUT2D eigenvalue weighted by Gasteiger charge is 2.30. The van der Waals surface area contributed by atoms with E-state index >= 15 is 0 Å². The highest BCUT2D eigenvalue weighted by molar-refractivity contribution is 5.79. The minimum absolute atomic E-state index is 0.191. The predicted molar refractivity (Wildman–Crippen MR) is 69.7 cm³/mol. The fourth-order valence-electron chi connectivity index (χ4n) is 1.32. The van der Waals surface area contributed by atoms with Crippen molar-refractivity contribution in [1.82, 2.24) is 10.6 Å². The van der Waals surface area contributed by atoms with E-state index in [-0.39, 0.29) is 6.54 Å². The lowest BCUT2D eigenvalue weighted by Crippen LogP contribution is -2.48. The third-order valence-corrected chi connectivity index (χ3v) is 2.56. The molecule has 0 saturated heterocycles. The van der Waals surface area contributed by atoms with E-state index in [4.69, 9.17) is 10.4 Å². The third-order valence-electron chi connectivity index (χ3n) is 2.56. The minimum Gasteiger partial charge on any atom is -0.479 e. The lowest BCUT2D eigenvalue weighted by molar-refractivity contribution is -0.155. The number of nitrogens with one attached hydrogen (secondary N) is 2. The summed E-state index contributed by atoms with van der Waals surface area (Å²) >= 11 is 0. The van der Waals surface area contributed by atoms with Gasteiger partial charge in [-0.25, -0.2) is 9.59 Å². The molecule has 0 spiro atoms. The second kappa shape index (κ2) is 6.54. The molecular formula is C13H15N3O4. The van der Waals surface area contributed by atoms with Crippen LogP contribution >= 0.6 is 0 Å². The lowest BCUT2D eigenvalue weighted by Gasteiger charge is -2.18. The normalized spacial score (nSPS) is 12.8. The van der Waals surface area contributed by atoms with Crippen LogP contribution in [0.25, 0.3) is 0 Å². The Morgan fingerprint density at radius 3 is 2.70 bits per heavy atom. The van der Waals surface area contributed by atoms with E-state index in [0.29, 0.717) is 5.56 Å². The summed E-state index contributed by atoms with van der Waals surface area (Å²) in [5.74, 6) is -1.42. The average molecular weight is 277 g/mol. The molecule has 0 saturated carbocycles. The average Bonchev–Trinajstić information content (AvgIpc) is 2.43. The number of nitrogens with zero attached hydrogens (tertiary/aromatic N) is 1. The van der Waals surface area contributed by atoms with E-state index in [1.807, 2.05) is 6.07 Å². The van der Waals surface area contributed by atoms with Crippen molar-refractivity contribution in [2.45, 2.75) is 19.1 Å². The van der Waals surface area contributed by atoms with E-state index in [2.05, 4.69) is 10.6 Å². The van der Waals surface area contributed by atoms with Crippen molar-refractivity contribution in [1.29, 1.82) is 5.26 Å². The van der Waals surface area contributed by atoms with E-state index in [0.717, 1.165) is 12.5 Å². The van der Waals surface area contributed by atoms with E-state index in [1.165, 1.54) is 0 Å². The molecule has 1 rings (SSSR count). The fraction of sp³-hybridized carbons (Fsp3) is 0.308. The van der Waals surface area contributed by atoms with Crippen molar-refractivity contribution in [3.63, 3.8) is 0 Å². The molecule has 0 bridgehead atoms. The molecular weight excluding hydrogens is 262 g/mol. The maximum Gasteiger partial charge on any atom is 0.337 e. The first-order valence-electron chi connectivity index (χ1n) is 5.81. The number of carbonyl (C=O) groups excluding carboxylic acids is 1. The van der Waals surface area contributed by atoms with Gasteiger partial charge in [0.2, 0.25) is 0 Å². The molecule has 1 aromatic carbocycles. The monoisotopic (exact) mass is 277 g/mol. The molecule has 0 aliphatic carbocycles. The quantitative estimate of drug-likeness (QED) is 0.612.